The van der Waals surface area contributed by atoms with Gasteiger partial charge in [0.05, 0.1) is 18.5 Å². The lowest BCUT2D eigenvalue weighted by molar-refractivity contribution is 0.171. The summed E-state index contributed by atoms with van der Waals surface area (Å²) in [6.07, 6.45) is 0. The number of anilines is 2. The summed E-state index contributed by atoms with van der Waals surface area (Å²) in [6.45, 7) is 8.02. The van der Waals surface area contributed by atoms with E-state index < -0.39 is 0 Å². The van der Waals surface area contributed by atoms with Crippen molar-refractivity contribution >= 4 is 11.4 Å². The van der Waals surface area contributed by atoms with Gasteiger partial charge in [-0.05, 0) is 32.4 Å². The van der Waals surface area contributed by atoms with Crippen molar-refractivity contribution in [1.82, 2.24) is 0 Å². The van der Waals surface area contributed by atoms with Gasteiger partial charge in [-0.1, -0.05) is 12.1 Å². The Bertz CT molecular complexity index is 308. The molecule has 0 bridgehead atoms. The summed E-state index contributed by atoms with van der Waals surface area (Å²) in [6, 6.07) is 6.22. The van der Waals surface area contributed by atoms with Gasteiger partial charge in [0.1, 0.15) is 0 Å². The van der Waals surface area contributed by atoms with Crippen LogP contribution in [0.5, 0.6) is 0 Å². The van der Waals surface area contributed by atoms with E-state index in [0.29, 0.717) is 0 Å². The molecule has 1 aromatic carbocycles. The summed E-state index contributed by atoms with van der Waals surface area (Å²) in [4.78, 5) is 5.32. The molecule has 0 fully saturated rings. The van der Waals surface area contributed by atoms with Gasteiger partial charge in [0.2, 0.25) is 0 Å². The van der Waals surface area contributed by atoms with Crippen LogP contribution >= 0.6 is 0 Å². The zero-order chi connectivity index (χ0) is 11.3. The molecule has 3 nitrogen and oxygen atoms in total. The molecule has 0 aliphatic heterocycles. The first-order chi connectivity index (χ1) is 7.24. The molecule has 0 heterocycles. The number of nitrogens with one attached hydrogen (secondary N) is 1. The second-order valence-electron chi connectivity index (χ2n) is 3.38. The lowest BCUT2D eigenvalue weighted by Crippen LogP contribution is -2.22. The highest BCUT2D eigenvalue weighted by Crippen LogP contribution is 2.28. The van der Waals surface area contributed by atoms with Gasteiger partial charge in [-0.2, -0.15) is 0 Å². The number of para-hydroxylation sites is 1. The third kappa shape index (κ3) is 2.63. The van der Waals surface area contributed by atoms with E-state index in [9.17, 15) is 0 Å². The van der Waals surface area contributed by atoms with E-state index in [1.54, 1.807) is 7.11 Å². The monoisotopic (exact) mass is 208 g/mol. The molecule has 3 heteroatoms. The summed E-state index contributed by atoms with van der Waals surface area (Å²) in [5, 5.41) is 5.25. The molecule has 0 aliphatic carbocycles. The Morgan fingerprint density at radius 3 is 2.60 bits per heavy atom. The number of nitrogens with zero attached hydrogens (tertiary/aromatic N) is 1. The standard InChI is InChI=1S/C12H20N2O/c1-5-13-12-10(3)8-7-9-11(12)14(6-2)15-4/h7-9,13H,5-6H2,1-4H3. The normalized spacial score (nSPS) is 10.1. The Hall–Kier alpha value is -1.22. The molecule has 1 rings (SSSR count). The summed E-state index contributed by atoms with van der Waals surface area (Å²) in [7, 11) is 1.70. The predicted molar refractivity (Wildman–Crippen MR) is 65.4 cm³/mol. The van der Waals surface area contributed by atoms with Crippen molar-refractivity contribution in [1.29, 1.82) is 0 Å². The van der Waals surface area contributed by atoms with Crippen LogP contribution in [-0.4, -0.2) is 20.2 Å². The van der Waals surface area contributed by atoms with Gasteiger partial charge in [0, 0.05) is 13.1 Å². The minimum Gasteiger partial charge on any atom is -0.383 e. The van der Waals surface area contributed by atoms with Crippen molar-refractivity contribution in [2.75, 3.05) is 30.6 Å². The molecule has 1 N–H and O–H groups in total. The predicted octanol–water partition coefficient (Wildman–Crippen LogP) is 2.81. The highest BCUT2D eigenvalue weighted by atomic mass is 16.7. The first-order valence-corrected chi connectivity index (χ1v) is 5.39. The Morgan fingerprint density at radius 2 is 2.07 bits per heavy atom. The summed E-state index contributed by atoms with van der Waals surface area (Å²) in [5.74, 6) is 0. The Morgan fingerprint density at radius 1 is 1.33 bits per heavy atom. The van der Waals surface area contributed by atoms with Crippen molar-refractivity contribution in [3.63, 3.8) is 0 Å². The van der Waals surface area contributed by atoms with E-state index >= 15 is 0 Å². The molecule has 0 radical (unpaired) electrons. The maximum atomic E-state index is 5.32. The molecule has 0 amide bonds. The van der Waals surface area contributed by atoms with Gasteiger partial charge in [-0.25, -0.2) is 0 Å². The van der Waals surface area contributed by atoms with Crippen LogP contribution in [0.25, 0.3) is 0 Å². The molecule has 0 saturated heterocycles. The van der Waals surface area contributed by atoms with Gasteiger partial charge < -0.3 is 5.32 Å². The SMILES string of the molecule is CCNc1c(C)cccc1N(CC)OC. The zero-order valence-corrected chi connectivity index (χ0v) is 10.0. The number of aryl methyl sites for hydroxylation is 1. The van der Waals surface area contributed by atoms with Gasteiger partial charge >= 0.3 is 0 Å². The van der Waals surface area contributed by atoms with E-state index in [2.05, 4.69) is 38.2 Å². The van der Waals surface area contributed by atoms with Crippen molar-refractivity contribution in [3.05, 3.63) is 23.8 Å². The molecule has 0 saturated carbocycles. The van der Waals surface area contributed by atoms with Crippen LogP contribution in [0.2, 0.25) is 0 Å². The fraction of sp³-hybridized carbons (Fsp3) is 0.500. The van der Waals surface area contributed by atoms with Crippen LogP contribution in [0.1, 0.15) is 19.4 Å². The smallest absolute Gasteiger partial charge is 0.0870 e. The molecule has 0 aromatic heterocycles. The summed E-state index contributed by atoms with van der Waals surface area (Å²) >= 11 is 0. The minimum absolute atomic E-state index is 0.832. The summed E-state index contributed by atoms with van der Waals surface area (Å²) in [5.41, 5.74) is 3.50. The second-order valence-corrected chi connectivity index (χ2v) is 3.38. The molecule has 0 atom stereocenters. The maximum absolute atomic E-state index is 5.32. The fourth-order valence-corrected chi connectivity index (χ4v) is 1.66. The topological polar surface area (TPSA) is 24.5 Å². The van der Waals surface area contributed by atoms with E-state index in [1.807, 2.05) is 11.1 Å². The van der Waals surface area contributed by atoms with Gasteiger partial charge in [-0.3, -0.25) is 9.90 Å². The first kappa shape index (κ1) is 11.9. The number of rotatable bonds is 5. The highest BCUT2D eigenvalue weighted by Gasteiger charge is 2.10. The molecule has 84 valence electrons. The number of benzene rings is 1. The van der Waals surface area contributed by atoms with Crippen LogP contribution < -0.4 is 10.4 Å². The molecule has 15 heavy (non-hydrogen) atoms. The number of hydrogen-bond donors (Lipinski definition) is 1. The quantitative estimate of drug-likeness (QED) is 0.753. The molecule has 0 aliphatic rings. The van der Waals surface area contributed by atoms with Crippen molar-refractivity contribution in [2.45, 2.75) is 20.8 Å². The lowest BCUT2D eigenvalue weighted by Gasteiger charge is -2.24. The average Bonchev–Trinajstić information content (AvgIpc) is 2.24. The van der Waals surface area contributed by atoms with Gasteiger partial charge in [-0.15, -0.1) is 0 Å². The van der Waals surface area contributed by atoms with Crippen molar-refractivity contribution < 1.29 is 4.84 Å². The Balaban J connectivity index is 3.09. The van der Waals surface area contributed by atoms with Crippen LogP contribution in [0.4, 0.5) is 11.4 Å². The van der Waals surface area contributed by atoms with E-state index in [0.717, 1.165) is 24.5 Å². The minimum atomic E-state index is 0.832. The van der Waals surface area contributed by atoms with Crippen molar-refractivity contribution in [3.8, 4) is 0 Å². The molecular weight excluding hydrogens is 188 g/mol. The first-order valence-electron chi connectivity index (χ1n) is 5.39. The number of hydrogen-bond acceptors (Lipinski definition) is 3. The molecule has 0 unspecified atom stereocenters. The van der Waals surface area contributed by atoms with Gasteiger partial charge in [0.25, 0.3) is 0 Å². The lowest BCUT2D eigenvalue weighted by atomic mass is 10.1. The van der Waals surface area contributed by atoms with E-state index in [-0.39, 0.29) is 0 Å². The van der Waals surface area contributed by atoms with Crippen LogP contribution in [0.15, 0.2) is 18.2 Å². The Labute approximate surface area is 92.0 Å². The maximum Gasteiger partial charge on any atom is 0.0870 e. The van der Waals surface area contributed by atoms with E-state index in [1.165, 1.54) is 5.56 Å². The van der Waals surface area contributed by atoms with Crippen LogP contribution in [-0.2, 0) is 4.84 Å². The third-order valence-electron chi connectivity index (χ3n) is 2.38. The fourth-order valence-electron chi connectivity index (χ4n) is 1.66. The molecule has 1 aromatic rings. The largest absolute Gasteiger partial charge is 0.383 e. The summed E-state index contributed by atoms with van der Waals surface area (Å²) < 4.78 is 0. The van der Waals surface area contributed by atoms with Crippen molar-refractivity contribution in [2.24, 2.45) is 0 Å². The number of hydroxylamine groups is 1. The molecule has 0 spiro atoms. The second kappa shape index (κ2) is 5.61. The zero-order valence-electron chi connectivity index (χ0n) is 10.0. The van der Waals surface area contributed by atoms with E-state index in [4.69, 9.17) is 4.84 Å². The third-order valence-corrected chi connectivity index (χ3v) is 2.38. The van der Waals surface area contributed by atoms with Gasteiger partial charge in [0.15, 0.2) is 0 Å². The Kier molecular flexibility index (Phi) is 4.43. The van der Waals surface area contributed by atoms with Crippen LogP contribution in [0.3, 0.4) is 0 Å². The molecular formula is C12H20N2O. The highest BCUT2D eigenvalue weighted by molar-refractivity contribution is 5.72. The average molecular weight is 208 g/mol. The van der Waals surface area contributed by atoms with Crippen LogP contribution in [0, 0.1) is 6.92 Å².